The number of ether oxygens (including phenoxy) is 1. The first-order valence-corrected chi connectivity index (χ1v) is 10.4. The number of aromatic amines is 1. The Balaban J connectivity index is 1.38. The van der Waals surface area contributed by atoms with Crippen molar-refractivity contribution in [3.8, 4) is 5.75 Å². The molecule has 0 bridgehead atoms. The van der Waals surface area contributed by atoms with Crippen molar-refractivity contribution in [3.05, 3.63) is 65.9 Å². The average Bonchev–Trinajstić information content (AvgIpc) is 3.17. The van der Waals surface area contributed by atoms with Crippen LogP contribution in [0.3, 0.4) is 0 Å². The lowest BCUT2D eigenvalue weighted by Gasteiger charge is -2.42. The topological polar surface area (TPSA) is 65.6 Å². The van der Waals surface area contributed by atoms with Gasteiger partial charge in [-0.1, -0.05) is 24.3 Å². The fourth-order valence-corrected chi connectivity index (χ4v) is 4.65. The van der Waals surface area contributed by atoms with Gasteiger partial charge in [0.2, 0.25) is 5.91 Å². The number of benzene rings is 2. The molecule has 2 aliphatic heterocycles. The van der Waals surface area contributed by atoms with E-state index in [2.05, 4.69) is 4.98 Å². The van der Waals surface area contributed by atoms with E-state index in [9.17, 15) is 9.59 Å². The molecular formula is C24H25N3O3. The van der Waals surface area contributed by atoms with E-state index >= 15 is 0 Å². The number of fused-ring (bicyclic) bond motifs is 2. The average molecular weight is 403 g/mol. The molecule has 1 fully saturated rings. The molecule has 0 radical (unpaired) electrons. The summed E-state index contributed by atoms with van der Waals surface area (Å²) in [6.45, 7) is 3.93. The first-order chi connectivity index (χ1) is 14.5. The maximum Gasteiger partial charge on any atom is 0.254 e. The van der Waals surface area contributed by atoms with Gasteiger partial charge in [-0.05, 0) is 24.3 Å². The number of nitrogens with one attached hydrogen (secondary N) is 1. The summed E-state index contributed by atoms with van der Waals surface area (Å²) < 4.78 is 6.52. The van der Waals surface area contributed by atoms with E-state index in [4.69, 9.17) is 4.74 Å². The summed E-state index contributed by atoms with van der Waals surface area (Å²) in [5.74, 6) is 0.943. The molecular weight excluding hydrogens is 378 g/mol. The largest absolute Gasteiger partial charge is 0.485 e. The fraction of sp³-hybridized carbons (Fsp3) is 0.333. The van der Waals surface area contributed by atoms with Gasteiger partial charge in [0.25, 0.3) is 5.91 Å². The zero-order valence-electron chi connectivity index (χ0n) is 17.1. The second-order valence-corrected chi connectivity index (χ2v) is 8.30. The van der Waals surface area contributed by atoms with Gasteiger partial charge in [0, 0.05) is 67.6 Å². The van der Waals surface area contributed by atoms with Gasteiger partial charge in [0.05, 0.1) is 6.54 Å². The second kappa shape index (κ2) is 7.20. The Hall–Kier alpha value is -3.28. The number of rotatable bonds is 1. The third-order valence-corrected chi connectivity index (χ3v) is 6.37. The minimum absolute atomic E-state index is 0.0484. The molecule has 1 saturated heterocycles. The molecule has 6 heteroatoms. The maximum atomic E-state index is 13.2. The summed E-state index contributed by atoms with van der Waals surface area (Å²) in [5.41, 5.74) is 2.26. The summed E-state index contributed by atoms with van der Waals surface area (Å²) in [5, 5.41) is 0.949. The quantitative estimate of drug-likeness (QED) is 0.675. The minimum atomic E-state index is -0.463. The SMILES string of the molecule is CC(=O)N1Cc2ccccc2OC2(CCN(C(=O)c3cccc4[nH]ccc34)CC2)C1. The van der Waals surface area contributed by atoms with E-state index in [0.717, 1.165) is 27.8 Å². The van der Waals surface area contributed by atoms with Crippen LogP contribution in [0.2, 0.25) is 0 Å². The molecule has 30 heavy (non-hydrogen) atoms. The number of hydrogen-bond donors (Lipinski definition) is 1. The van der Waals surface area contributed by atoms with Gasteiger partial charge in [0.15, 0.2) is 0 Å². The van der Waals surface area contributed by atoms with Crippen molar-refractivity contribution in [3.63, 3.8) is 0 Å². The second-order valence-electron chi connectivity index (χ2n) is 8.30. The van der Waals surface area contributed by atoms with E-state index in [1.54, 1.807) is 6.92 Å². The highest BCUT2D eigenvalue weighted by molar-refractivity contribution is 6.06. The van der Waals surface area contributed by atoms with Gasteiger partial charge >= 0.3 is 0 Å². The first-order valence-electron chi connectivity index (χ1n) is 10.4. The molecule has 0 aliphatic carbocycles. The maximum absolute atomic E-state index is 13.2. The van der Waals surface area contributed by atoms with Gasteiger partial charge in [0.1, 0.15) is 11.4 Å². The Morgan fingerprint density at radius 3 is 2.60 bits per heavy atom. The van der Waals surface area contributed by atoms with Crippen molar-refractivity contribution in [1.82, 2.24) is 14.8 Å². The lowest BCUT2D eigenvalue weighted by atomic mass is 9.90. The number of para-hydroxylation sites is 1. The minimum Gasteiger partial charge on any atom is -0.485 e. The van der Waals surface area contributed by atoms with Gasteiger partial charge in [-0.3, -0.25) is 9.59 Å². The van der Waals surface area contributed by atoms with E-state index in [-0.39, 0.29) is 11.8 Å². The number of aromatic nitrogens is 1. The van der Waals surface area contributed by atoms with Crippen LogP contribution in [0.15, 0.2) is 54.7 Å². The lowest BCUT2D eigenvalue weighted by molar-refractivity contribution is -0.132. The van der Waals surface area contributed by atoms with E-state index in [1.807, 2.05) is 64.5 Å². The van der Waals surface area contributed by atoms with Crippen LogP contribution >= 0.6 is 0 Å². The number of nitrogens with zero attached hydrogens (tertiary/aromatic N) is 2. The predicted octanol–water partition coefficient (Wildman–Crippen LogP) is 3.58. The smallest absolute Gasteiger partial charge is 0.254 e. The first kappa shape index (κ1) is 18.7. The fourth-order valence-electron chi connectivity index (χ4n) is 4.65. The molecule has 3 heterocycles. The van der Waals surface area contributed by atoms with Crippen LogP contribution in [0.5, 0.6) is 5.75 Å². The Kier molecular flexibility index (Phi) is 4.50. The van der Waals surface area contributed by atoms with Crippen LogP contribution in [0.1, 0.15) is 35.7 Å². The zero-order valence-corrected chi connectivity index (χ0v) is 17.1. The Morgan fingerprint density at radius 2 is 1.80 bits per heavy atom. The van der Waals surface area contributed by atoms with Crippen LogP contribution in [0.4, 0.5) is 0 Å². The highest BCUT2D eigenvalue weighted by atomic mass is 16.5. The number of carbonyl (C=O) groups is 2. The van der Waals surface area contributed by atoms with Crippen LogP contribution < -0.4 is 4.74 Å². The van der Waals surface area contributed by atoms with E-state index in [0.29, 0.717) is 39.0 Å². The number of hydrogen-bond acceptors (Lipinski definition) is 3. The van der Waals surface area contributed by atoms with Gasteiger partial charge < -0.3 is 19.5 Å². The molecule has 1 spiro atoms. The molecule has 5 rings (SSSR count). The van der Waals surface area contributed by atoms with Crippen molar-refractivity contribution >= 4 is 22.7 Å². The standard InChI is InChI=1S/C24H25N3O3/c1-17(28)27-15-18-5-2-3-8-22(18)30-24(16-27)10-13-26(14-11-24)23(29)20-6-4-7-21-19(20)9-12-25-21/h2-9,12,25H,10-11,13-16H2,1H3. The summed E-state index contributed by atoms with van der Waals surface area (Å²) >= 11 is 0. The van der Waals surface area contributed by atoms with Crippen LogP contribution in [0.25, 0.3) is 10.9 Å². The molecule has 154 valence electrons. The van der Waals surface area contributed by atoms with Crippen molar-refractivity contribution in [2.45, 2.75) is 31.9 Å². The van der Waals surface area contributed by atoms with Crippen LogP contribution in [0, 0.1) is 0 Å². The van der Waals surface area contributed by atoms with Gasteiger partial charge in [-0.2, -0.15) is 0 Å². The van der Waals surface area contributed by atoms with Gasteiger partial charge in [-0.15, -0.1) is 0 Å². The van der Waals surface area contributed by atoms with E-state index in [1.165, 1.54) is 0 Å². The molecule has 1 aromatic heterocycles. The molecule has 2 amide bonds. The summed E-state index contributed by atoms with van der Waals surface area (Å²) in [6.07, 6.45) is 3.25. The number of H-pyrrole nitrogens is 1. The molecule has 0 unspecified atom stereocenters. The summed E-state index contributed by atoms with van der Waals surface area (Å²) in [6, 6.07) is 15.7. The summed E-state index contributed by atoms with van der Waals surface area (Å²) in [7, 11) is 0. The molecule has 2 aromatic carbocycles. The van der Waals surface area contributed by atoms with Crippen molar-refractivity contribution < 1.29 is 14.3 Å². The third kappa shape index (κ3) is 3.22. The third-order valence-electron chi connectivity index (χ3n) is 6.37. The normalized spacial score (nSPS) is 18.0. The molecule has 0 saturated carbocycles. The molecule has 3 aromatic rings. The Labute approximate surface area is 175 Å². The molecule has 2 aliphatic rings. The van der Waals surface area contributed by atoms with Crippen molar-refractivity contribution in [1.29, 1.82) is 0 Å². The monoisotopic (exact) mass is 403 g/mol. The lowest BCUT2D eigenvalue weighted by Crippen LogP contribution is -2.55. The van der Waals surface area contributed by atoms with Crippen LogP contribution in [-0.4, -0.2) is 51.8 Å². The zero-order chi connectivity index (χ0) is 20.7. The highest BCUT2D eigenvalue weighted by Crippen LogP contribution is 2.36. The Bertz CT molecular complexity index is 1110. The van der Waals surface area contributed by atoms with Crippen molar-refractivity contribution in [2.75, 3.05) is 19.6 Å². The number of carbonyl (C=O) groups excluding carboxylic acids is 2. The highest BCUT2D eigenvalue weighted by Gasteiger charge is 2.42. The molecule has 1 N–H and O–H groups in total. The number of likely N-dealkylation sites (tertiary alicyclic amines) is 1. The number of piperidine rings is 1. The van der Waals surface area contributed by atoms with Crippen molar-refractivity contribution in [2.24, 2.45) is 0 Å². The predicted molar refractivity (Wildman–Crippen MR) is 114 cm³/mol. The molecule has 0 atom stereocenters. The molecule has 6 nitrogen and oxygen atoms in total. The number of amides is 2. The van der Waals surface area contributed by atoms with E-state index < -0.39 is 5.60 Å². The summed E-state index contributed by atoms with van der Waals surface area (Å²) in [4.78, 5) is 32.4. The van der Waals surface area contributed by atoms with Gasteiger partial charge in [-0.25, -0.2) is 0 Å². The van der Waals surface area contributed by atoms with Crippen LogP contribution in [-0.2, 0) is 11.3 Å². The Morgan fingerprint density at radius 1 is 1.00 bits per heavy atom.